The lowest BCUT2D eigenvalue weighted by Gasteiger charge is -2.20. The molecule has 0 spiro atoms. The third kappa shape index (κ3) is 44.1. The summed E-state index contributed by atoms with van der Waals surface area (Å²) in [5.74, 6) is -1.24. The Labute approximate surface area is 372 Å². The van der Waals surface area contributed by atoms with Crippen LogP contribution in [0.2, 0.25) is 0 Å². The first-order chi connectivity index (χ1) is 29.8. The van der Waals surface area contributed by atoms with Crippen LogP contribution in [0, 0.1) is 0 Å². The Morgan fingerprint density at radius 3 is 1.66 bits per heavy atom. The first-order valence-corrected chi connectivity index (χ1v) is 25.8. The van der Waals surface area contributed by atoms with E-state index >= 15 is 0 Å². The molecule has 62 heavy (non-hydrogen) atoms. The molecule has 4 atom stereocenters. The van der Waals surface area contributed by atoms with Crippen LogP contribution in [0.5, 0.6) is 0 Å². The summed E-state index contributed by atoms with van der Waals surface area (Å²) < 4.78 is 47.7. The maximum atomic E-state index is 12.7. The highest BCUT2D eigenvalue weighted by atomic mass is 31.2. The monoisotopic (exact) mass is 919 g/mol. The second-order valence-corrected chi connectivity index (χ2v) is 17.8. The Balaban J connectivity index is 4.69. The number of allylic oxidation sites excluding steroid dienone is 11. The summed E-state index contributed by atoms with van der Waals surface area (Å²) >= 11 is 0. The number of carbonyl (C=O) groups excluding carboxylic acids is 2. The zero-order chi connectivity index (χ0) is 46.0. The van der Waals surface area contributed by atoms with Crippen LogP contribution in [0.1, 0.15) is 162 Å². The van der Waals surface area contributed by atoms with Crippen LogP contribution in [0.4, 0.5) is 0 Å². The van der Waals surface area contributed by atoms with Gasteiger partial charge < -0.3 is 34.4 Å². The summed E-state index contributed by atoms with van der Waals surface area (Å²) in [5.41, 5.74) is 0. The lowest BCUT2D eigenvalue weighted by Crippen LogP contribution is -2.30. The summed E-state index contributed by atoms with van der Waals surface area (Å²) in [6, 6.07) is 0. The van der Waals surface area contributed by atoms with Crippen molar-refractivity contribution in [1.29, 1.82) is 0 Å². The van der Waals surface area contributed by atoms with E-state index in [9.17, 15) is 33.8 Å². The standard InChI is InChI=1S/C46H80O14P2/c1-3-5-7-9-11-13-15-17-18-19-20-22-24-26-28-30-32-36-46(50)60-44(41-59-62(54,55)58-39-43(48)38-57-61(51,52)53)40-56-45(49)37-33-35-42(47)34-31-29-27-25-23-21-16-14-12-10-8-6-4-2/h6,8,12,14,17-18,21,23,27,29,31,34,42-44,47-48H,3-5,7,9-11,13,15-16,19-20,22,24-26,28,30,32-33,35-41H2,1-2H3,(H,54,55)(H2,51,52,53)/b8-6-,14-12-,18-17-,23-21-,29-27-,34-31+/t42?,43-,44+/m0/s1. The summed E-state index contributed by atoms with van der Waals surface area (Å²) in [4.78, 5) is 52.8. The number of esters is 2. The fourth-order valence-corrected chi connectivity index (χ4v) is 6.88. The van der Waals surface area contributed by atoms with Gasteiger partial charge in [-0.3, -0.25) is 23.2 Å². The van der Waals surface area contributed by atoms with Gasteiger partial charge in [-0.2, -0.15) is 0 Å². The van der Waals surface area contributed by atoms with Gasteiger partial charge in [-0.1, -0.05) is 151 Å². The van der Waals surface area contributed by atoms with E-state index in [0.717, 1.165) is 77.0 Å². The molecule has 5 N–H and O–H groups in total. The molecule has 0 aliphatic carbocycles. The van der Waals surface area contributed by atoms with Gasteiger partial charge in [0.25, 0.3) is 0 Å². The van der Waals surface area contributed by atoms with Crippen LogP contribution in [0.15, 0.2) is 72.9 Å². The first-order valence-electron chi connectivity index (χ1n) is 22.7. The topological polar surface area (TPSA) is 216 Å². The number of phosphoric acid groups is 2. The zero-order valence-electron chi connectivity index (χ0n) is 37.6. The van der Waals surface area contributed by atoms with Crippen molar-refractivity contribution < 1.29 is 66.7 Å². The van der Waals surface area contributed by atoms with E-state index < -0.39 is 72.3 Å². The average Bonchev–Trinajstić information content (AvgIpc) is 3.22. The number of rotatable bonds is 42. The molecule has 0 fully saturated rings. The number of unbranched alkanes of at least 4 members (excludes halogenated alkanes) is 13. The van der Waals surface area contributed by atoms with Crippen LogP contribution >= 0.6 is 15.6 Å². The van der Waals surface area contributed by atoms with Gasteiger partial charge in [0.1, 0.15) is 12.7 Å². The predicted octanol–water partition coefficient (Wildman–Crippen LogP) is 10.8. The molecule has 0 saturated carbocycles. The number of phosphoric ester groups is 2. The van der Waals surface area contributed by atoms with Crippen molar-refractivity contribution in [2.24, 2.45) is 0 Å². The third-order valence-electron chi connectivity index (χ3n) is 9.17. The van der Waals surface area contributed by atoms with Gasteiger partial charge in [-0.25, -0.2) is 9.13 Å². The van der Waals surface area contributed by atoms with Crippen LogP contribution in [0.3, 0.4) is 0 Å². The molecule has 16 heteroatoms. The van der Waals surface area contributed by atoms with Crippen LogP contribution in [-0.4, -0.2) is 81.6 Å². The van der Waals surface area contributed by atoms with E-state index in [-0.39, 0.29) is 12.8 Å². The molecular formula is C46H80O14P2. The van der Waals surface area contributed by atoms with Gasteiger partial charge in [-0.05, 0) is 70.6 Å². The lowest BCUT2D eigenvalue weighted by atomic mass is 10.1. The van der Waals surface area contributed by atoms with E-state index in [1.54, 1.807) is 12.2 Å². The zero-order valence-corrected chi connectivity index (χ0v) is 39.3. The highest BCUT2D eigenvalue weighted by Gasteiger charge is 2.28. The number of hydrogen-bond donors (Lipinski definition) is 5. The minimum absolute atomic E-state index is 0.0392. The Bertz CT molecular complexity index is 1390. The molecule has 0 radical (unpaired) electrons. The maximum absolute atomic E-state index is 12.7. The Hall–Kier alpha value is -2.48. The third-order valence-corrected chi connectivity index (χ3v) is 10.6. The van der Waals surface area contributed by atoms with E-state index in [1.807, 2.05) is 12.2 Å². The molecule has 0 amide bonds. The highest BCUT2D eigenvalue weighted by Crippen LogP contribution is 2.43. The van der Waals surface area contributed by atoms with Crippen molar-refractivity contribution >= 4 is 27.6 Å². The van der Waals surface area contributed by atoms with E-state index in [1.165, 1.54) is 38.5 Å². The summed E-state index contributed by atoms with van der Waals surface area (Å²) in [5, 5.41) is 20.0. The number of aliphatic hydroxyl groups excluding tert-OH is 2. The second-order valence-electron chi connectivity index (χ2n) is 15.1. The molecule has 0 rings (SSSR count). The van der Waals surface area contributed by atoms with Crippen molar-refractivity contribution in [3.8, 4) is 0 Å². The molecule has 0 heterocycles. The fourth-order valence-electron chi connectivity index (χ4n) is 5.72. The van der Waals surface area contributed by atoms with E-state index in [4.69, 9.17) is 23.8 Å². The smallest absolute Gasteiger partial charge is 0.462 e. The Morgan fingerprint density at radius 2 is 1.06 bits per heavy atom. The van der Waals surface area contributed by atoms with Crippen molar-refractivity contribution in [2.45, 2.75) is 180 Å². The minimum Gasteiger partial charge on any atom is -0.462 e. The molecule has 0 saturated heterocycles. The first kappa shape index (κ1) is 59.5. The van der Waals surface area contributed by atoms with Crippen molar-refractivity contribution in [3.63, 3.8) is 0 Å². The minimum atomic E-state index is -4.89. The van der Waals surface area contributed by atoms with Gasteiger partial charge in [0, 0.05) is 12.8 Å². The molecular weight excluding hydrogens is 838 g/mol. The van der Waals surface area contributed by atoms with Crippen LogP contribution < -0.4 is 0 Å². The maximum Gasteiger partial charge on any atom is 0.472 e. The fraction of sp³-hybridized carbons (Fsp3) is 0.696. The molecule has 0 aliphatic heterocycles. The van der Waals surface area contributed by atoms with Gasteiger partial charge >= 0.3 is 27.6 Å². The molecule has 0 bridgehead atoms. The summed E-state index contributed by atoms with van der Waals surface area (Å²) in [7, 11) is -9.74. The molecule has 0 aliphatic rings. The SMILES string of the molecule is CC/C=C\C/C=C\C/C=C\C/C=C\C=C\C(O)CCCC(=O)OC[C@H](COP(=O)(O)OC[C@@H](O)COP(=O)(O)O)OC(=O)CCCCCCCCC/C=C\CCCCCCCC. The quantitative estimate of drug-likeness (QED) is 0.0127. The summed E-state index contributed by atoms with van der Waals surface area (Å²) in [6.07, 6.45) is 42.1. The van der Waals surface area contributed by atoms with Crippen molar-refractivity contribution in [2.75, 3.05) is 26.4 Å². The van der Waals surface area contributed by atoms with Gasteiger partial charge in [0.05, 0.1) is 25.9 Å². The summed E-state index contributed by atoms with van der Waals surface area (Å²) in [6.45, 7) is 1.42. The van der Waals surface area contributed by atoms with Crippen molar-refractivity contribution in [1.82, 2.24) is 0 Å². The number of ether oxygens (including phenoxy) is 2. The lowest BCUT2D eigenvalue weighted by molar-refractivity contribution is -0.161. The highest BCUT2D eigenvalue weighted by molar-refractivity contribution is 7.47. The van der Waals surface area contributed by atoms with Crippen LogP contribution in [-0.2, 0) is 41.8 Å². The van der Waals surface area contributed by atoms with Gasteiger partial charge in [0.2, 0.25) is 0 Å². The second kappa shape index (κ2) is 41.2. The average molecular weight is 919 g/mol. The van der Waals surface area contributed by atoms with Gasteiger partial charge in [-0.15, -0.1) is 0 Å². The largest absolute Gasteiger partial charge is 0.472 e. The molecule has 0 aromatic carbocycles. The Morgan fingerprint density at radius 1 is 0.548 bits per heavy atom. The predicted molar refractivity (Wildman–Crippen MR) is 245 cm³/mol. The van der Waals surface area contributed by atoms with E-state index in [2.05, 4.69) is 71.5 Å². The number of carbonyl (C=O) groups is 2. The van der Waals surface area contributed by atoms with Crippen molar-refractivity contribution in [3.05, 3.63) is 72.9 Å². The Kier molecular flexibility index (Phi) is 39.6. The number of aliphatic hydroxyl groups is 2. The van der Waals surface area contributed by atoms with Crippen LogP contribution in [0.25, 0.3) is 0 Å². The normalized spacial score (nSPS) is 15.1. The number of hydrogen-bond acceptors (Lipinski definition) is 11. The molecule has 358 valence electrons. The van der Waals surface area contributed by atoms with E-state index in [0.29, 0.717) is 19.3 Å². The molecule has 0 aromatic rings. The molecule has 2 unspecified atom stereocenters. The molecule has 0 aromatic heterocycles. The van der Waals surface area contributed by atoms with Gasteiger partial charge in [0.15, 0.2) is 6.10 Å². The molecule has 14 nitrogen and oxygen atoms in total.